The van der Waals surface area contributed by atoms with Gasteiger partial charge in [-0.3, -0.25) is 4.79 Å². The number of unbranched alkanes of at least 4 members (excludes halogenated alkanes) is 2. The zero-order valence-electron chi connectivity index (χ0n) is 18.8. The molecule has 2 aromatic carbocycles. The van der Waals surface area contributed by atoms with Gasteiger partial charge < -0.3 is 14.0 Å². The van der Waals surface area contributed by atoms with Gasteiger partial charge in [-0.2, -0.15) is 13.2 Å². The van der Waals surface area contributed by atoms with Crippen LogP contribution in [0, 0.1) is 3.57 Å². The van der Waals surface area contributed by atoms with Crippen LogP contribution in [-0.2, 0) is 22.3 Å². The van der Waals surface area contributed by atoms with Gasteiger partial charge in [0.05, 0.1) is 26.0 Å². The standard InChI is InChI=1S/C25H26F3IN2O3/c1-2-33-23(32)10-4-3-7-15-34-21-9-6-5-8-19(21)17-31-22(25(26,27)28)16-30-24(31)18-11-13-20(29)14-12-18/h5-6,8-9,11-14,16H,2-4,7,10,15,17H2,1H3. The smallest absolute Gasteiger partial charge is 0.433 e. The van der Waals surface area contributed by atoms with Crippen LogP contribution in [0.25, 0.3) is 11.4 Å². The van der Waals surface area contributed by atoms with Crippen molar-refractivity contribution >= 4 is 28.6 Å². The van der Waals surface area contributed by atoms with Crippen LogP contribution in [0.5, 0.6) is 5.75 Å². The van der Waals surface area contributed by atoms with Crippen LogP contribution in [0.4, 0.5) is 13.2 Å². The lowest BCUT2D eigenvalue weighted by Crippen LogP contribution is -2.15. The van der Waals surface area contributed by atoms with Crippen LogP contribution in [0.1, 0.15) is 43.9 Å². The van der Waals surface area contributed by atoms with E-state index in [2.05, 4.69) is 27.6 Å². The molecule has 0 fully saturated rings. The van der Waals surface area contributed by atoms with Gasteiger partial charge in [-0.25, -0.2) is 4.98 Å². The third kappa shape index (κ3) is 7.22. The van der Waals surface area contributed by atoms with Gasteiger partial charge in [0.2, 0.25) is 0 Å². The Kier molecular flexibility index (Phi) is 9.37. The second kappa shape index (κ2) is 12.2. The number of aromatic nitrogens is 2. The molecule has 0 aliphatic carbocycles. The van der Waals surface area contributed by atoms with Crippen molar-refractivity contribution in [1.29, 1.82) is 0 Å². The van der Waals surface area contributed by atoms with E-state index in [0.717, 1.165) is 22.6 Å². The van der Waals surface area contributed by atoms with Crippen molar-refractivity contribution < 1.29 is 27.4 Å². The summed E-state index contributed by atoms with van der Waals surface area (Å²) in [4.78, 5) is 15.5. The Morgan fingerprint density at radius 2 is 1.79 bits per heavy atom. The number of rotatable bonds is 11. The first-order valence-electron chi connectivity index (χ1n) is 11.0. The summed E-state index contributed by atoms with van der Waals surface area (Å²) in [6, 6.07) is 14.3. The maximum Gasteiger partial charge on any atom is 0.433 e. The number of benzene rings is 2. The SMILES string of the molecule is CCOC(=O)CCCCCOc1ccccc1Cn1c(C(F)(F)F)cnc1-c1ccc(I)cc1. The Morgan fingerprint density at radius 3 is 2.50 bits per heavy atom. The Hall–Kier alpha value is -2.56. The Bertz CT molecular complexity index is 1080. The van der Waals surface area contributed by atoms with E-state index in [-0.39, 0.29) is 18.3 Å². The Morgan fingerprint density at radius 1 is 1.06 bits per heavy atom. The van der Waals surface area contributed by atoms with Crippen LogP contribution < -0.4 is 4.74 Å². The Balaban J connectivity index is 1.73. The lowest BCUT2D eigenvalue weighted by atomic mass is 10.1. The molecule has 0 aliphatic rings. The predicted molar refractivity (Wildman–Crippen MR) is 132 cm³/mol. The molecule has 34 heavy (non-hydrogen) atoms. The molecule has 0 spiro atoms. The largest absolute Gasteiger partial charge is 0.493 e. The second-order valence-corrected chi connectivity index (χ2v) is 8.88. The summed E-state index contributed by atoms with van der Waals surface area (Å²) in [5, 5.41) is 0. The number of nitrogens with zero attached hydrogens (tertiary/aromatic N) is 2. The van der Waals surface area contributed by atoms with Gasteiger partial charge in [0.1, 0.15) is 17.3 Å². The highest BCUT2D eigenvalue weighted by molar-refractivity contribution is 14.1. The summed E-state index contributed by atoms with van der Waals surface area (Å²) in [5.41, 5.74) is 0.426. The van der Waals surface area contributed by atoms with Gasteiger partial charge in [0.15, 0.2) is 0 Å². The minimum atomic E-state index is -4.54. The topological polar surface area (TPSA) is 53.4 Å². The number of halogens is 4. The fourth-order valence-corrected chi connectivity index (χ4v) is 3.86. The zero-order valence-corrected chi connectivity index (χ0v) is 20.9. The van der Waals surface area contributed by atoms with Crippen LogP contribution >= 0.6 is 22.6 Å². The average molecular weight is 586 g/mol. The molecular weight excluding hydrogens is 560 g/mol. The molecule has 3 aromatic rings. The molecule has 182 valence electrons. The van der Waals surface area contributed by atoms with E-state index in [0.29, 0.717) is 42.9 Å². The van der Waals surface area contributed by atoms with E-state index in [9.17, 15) is 18.0 Å². The third-order valence-electron chi connectivity index (χ3n) is 5.14. The lowest BCUT2D eigenvalue weighted by molar-refractivity contribution is -0.144. The van der Waals surface area contributed by atoms with E-state index < -0.39 is 11.9 Å². The number of carbonyl (C=O) groups is 1. The van der Waals surface area contributed by atoms with E-state index in [1.807, 2.05) is 12.1 Å². The van der Waals surface area contributed by atoms with Crippen molar-refractivity contribution in [3.05, 3.63) is 69.6 Å². The molecule has 1 heterocycles. The van der Waals surface area contributed by atoms with Gasteiger partial charge in [0, 0.05) is 21.1 Å². The molecule has 0 bridgehead atoms. The van der Waals surface area contributed by atoms with Crippen molar-refractivity contribution in [2.75, 3.05) is 13.2 Å². The third-order valence-corrected chi connectivity index (χ3v) is 5.86. The maximum atomic E-state index is 13.7. The molecule has 0 amide bonds. The quantitative estimate of drug-likeness (QED) is 0.142. The molecule has 0 saturated carbocycles. The van der Waals surface area contributed by atoms with Gasteiger partial charge in [-0.05, 0) is 67.0 Å². The molecular formula is C25H26F3IN2O3. The Labute approximate surface area is 210 Å². The molecule has 3 rings (SSSR count). The van der Waals surface area contributed by atoms with Crippen LogP contribution in [0.2, 0.25) is 0 Å². The van der Waals surface area contributed by atoms with Crippen molar-refractivity contribution in [1.82, 2.24) is 9.55 Å². The molecule has 0 aliphatic heterocycles. The minimum absolute atomic E-state index is 0.0325. The summed E-state index contributed by atoms with van der Waals surface area (Å²) >= 11 is 2.15. The number of carbonyl (C=O) groups excluding carboxylic acids is 1. The van der Waals surface area contributed by atoms with Crippen molar-refractivity contribution in [2.24, 2.45) is 0 Å². The molecule has 0 unspecified atom stereocenters. The molecule has 5 nitrogen and oxygen atoms in total. The highest BCUT2D eigenvalue weighted by Crippen LogP contribution is 2.34. The van der Waals surface area contributed by atoms with Gasteiger partial charge in [-0.15, -0.1) is 0 Å². The number of imidazole rings is 1. The molecule has 0 atom stereocenters. The van der Waals surface area contributed by atoms with Crippen molar-refractivity contribution in [3.63, 3.8) is 0 Å². The van der Waals surface area contributed by atoms with E-state index in [1.54, 1.807) is 43.3 Å². The van der Waals surface area contributed by atoms with Crippen LogP contribution in [0.3, 0.4) is 0 Å². The number of ether oxygens (including phenoxy) is 2. The highest BCUT2D eigenvalue weighted by atomic mass is 127. The van der Waals surface area contributed by atoms with E-state index >= 15 is 0 Å². The number of para-hydroxylation sites is 1. The van der Waals surface area contributed by atoms with Gasteiger partial charge in [0.25, 0.3) is 0 Å². The van der Waals surface area contributed by atoms with Crippen molar-refractivity contribution in [2.45, 2.75) is 45.3 Å². The number of esters is 1. The van der Waals surface area contributed by atoms with Crippen LogP contribution in [-0.4, -0.2) is 28.7 Å². The first kappa shape index (κ1) is 26.1. The monoisotopic (exact) mass is 586 g/mol. The predicted octanol–water partition coefficient (Wildman–Crippen LogP) is 6.72. The fraction of sp³-hybridized carbons (Fsp3) is 0.360. The first-order chi connectivity index (χ1) is 16.3. The highest BCUT2D eigenvalue weighted by Gasteiger charge is 2.36. The first-order valence-corrected chi connectivity index (χ1v) is 12.1. The van der Waals surface area contributed by atoms with E-state index in [1.165, 1.54) is 4.57 Å². The van der Waals surface area contributed by atoms with Gasteiger partial charge >= 0.3 is 12.1 Å². The molecule has 0 N–H and O–H groups in total. The number of hydrogen-bond acceptors (Lipinski definition) is 4. The normalized spacial score (nSPS) is 11.4. The summed E-state index contributed by atoms with van der Waals surface area (Å²) in [6.45, 7) is 2.51. The molecule has 0 saturated heterocycles. The number of alkyl halides is 3. The summed E-state index contributed by atoms with van der Waals surface area (Å²) in [5.74, 6) is 0.569. The molecule has 0 radical (unpaired) electrons. The average Bonchev–Trinajstić information content (AvgIpc) is 3.22. The van der Waals surface area contributed by atoms with Gasteiger partial charge in [-0.1, -0.05) is 30.3 Å². The van der Waals surface area contributed by atoms with Crippen LogP contribution in [0.15, 0.2) is 54.7 Å². The maximum absolute atomic E-state index is 13.7. The minimum Gasteiger partial charge on any atom is -0.493 e. The van der Waals surface area contributed by atoms with E-state index in [4.69, 9.17) is 9.47 Å². The molecule has 1 aromatic heterocycles. The summed E-state index contributed by atoms with van der Waals surface area (Å²) < 4.78 is 54.2. The lowest BCUT2D eigenvalue weighted by Gasteiger charge is -2.17. The summed E-state index contributed by atoms with van der Waals surface area (Å²) in [6.07, 6.45) is -1.08. The summed E-state index contributed by atoms with van der Waals surface area (Å²) in [7, 11) is 0. The zero-order chi connectivity index (χ0) is 24.6. The fourth-order valence-electron chi connectivity index (χ4n) is 3.50. The molecule has 9 heteroatoms. The second-order valence-electron chi connectivity index (χ2n) is 7.63. The number of hydrogen-bond donors (Lipinski definition) is 0. The van der Waals surface area contributed by atoms with Crippen molar-refractivity contribution in [3.8, 4) is 17.1 Å².